The number of rotatable bonds is 6. The third-order valence-corrected chi connectivity index (χ3v) is 6.18. The Labute approximate surface area is 199 Å². The smallest absolute Gasteiger partial charge is 0.351 e. The molecule has 1 fully saturated rings. The molecule has 0 unspecified atom stereocenters. The Morgan fingerprint density at radius 3 is 2.57 bits per heavy atom. The Kier molecular flexibility index (Phi) is 6.20. The van der Waals surface area contributed by atoms with E-state index in [0.29, 0.717) is 24.6 Å². The second-order valence-electron chi connectivity index (χ2n) is 8.66. The second kappa shape index (κ2) is 9.45. The van der Waals surface area contributed by atoms with Gasteiger partial charge in [0.2, 0.25) is 0 Å². The van der Waals surface area contributed by atoms with Crippen LogP contribution in [0.15, 0.2) is 48.8 Å². The molecule has 4 aromatic rings. The molecule has 182 valence electrons. The number of anilines is 1. The SMILES string of the molecule is C[C@@H]1CN(Cc2c[nH]nc2-c2ccc(Cc3nnn[nH]3)cc2)CCN1c1ccc(C(F)(F)F)cn1. The fourth-order valence-corrected chi connectivity index (χ4v) is 4.39. The average Bonchev–Trinajstić information content (AvgIpc) is 3.52. The third-order valence-electron chi connectivity index (χ3n) is 6.18. The molecule has 0 bridgehead atoms. The summed E-state index contributed by atoms with van der Waals surface area (Å²) in [6, 6.07) is 10.8. The van der Waals surface area contributed by atoms with Gasteiger partial charge in [-0.2, -0.15) is 18.3 Å². The number of halogens is 3. The average molecular weight is 484 g/mol. The first-order valence-electron chi connectivity index (χ1n) is 11.2. The van der Waals surface area contributed by atoms with Crippen molar-refractivity contribution in [2.24, 2.45) is 0 Å². The molecular formula is C23H24F3N9. The Morgan fingerprint density at radius 1 is 1.09 bits per heavy atom. The molecule has 1 atom stereocenters. The normalized spacial score (nSPS) is 17.1. The van der Waals surface area contributed by atoms with Crippen molar-refractivity contribution in [1.82, 2.24) is 40.7 Å². The Bertz CT molecular complexity index is 1230. The molecule has 1 aromatic carbocycles. The van der Waals surface area contributed by atoms with E-state index in [1.165, 1.54) is 6.07 Å². The quantitative estimate of drug-likeness (QED) is 0.434. The zero-order valence-corrected chi connectivity index (χ0v) is 19.0. The minimum absolute atomic E-state index is 0.105. The van der Waals surface area contributed by atoms with Gasteiger partial charge in [0.15, 0.2) is 5.82 Å². The minimum Gasteiger partial charge on any atom is -0.351 e. The van der Waals surface area contributed by atoms with E-state index < -0.39 is 11.7 Å². The van der Waals surface area contributed by atoms with E-state index in [9.17, 15) is 13.2 Å². The number of tetrazole rings is 1. The molecule has 0 radical (unpaired) electrons. The van der Waals surface area contributed by atoms with Crippen LogP contribution in [-0.4, -0.2) is 66.4 Å². The zero-order chi connectivity index (χ0) is 24.4. The highest BCUT2D eigenvalue weighted by Crippen LogP contribution is 2.30. The number of pyridine rings is 1. The van der Waals surface area contributed by atoms with Gasteiger partial charge in [0.05, 0.1) is 11.3 Å². The summed E-state index contributed by atoms with van der Waals surface area (Å²) >= 11 is 0. The maximum absolute atomic E-state index is 12.8. The van der Waals surface area contributed by atoms with E-state index in [1.807, 2.05) is 30.5 Å². The molecule has 0 amide bonds. The summed E-state index contributed by atoms with van der Waals surface area (Å²) in [5.41, 5.74) is 3.36. The van der Waals surface area contributed by atoms with Crippen LogP contribution in [0.4, 0.5) is 19.0 Å². The summed E-state index contributed by atoms with van der Waals surface area (Å²) in [5, 5.41) is 21.3. The van der Waals surface area contributed by atoms with Crippen molar-refractivity contribution in [2.75, 3.05) is 24.5 Å². The summed E-state index contributed by atoms with van der Waals surface area (Å²) in [5.74, 6) is 1.27. The lowest BCUT2D eigenvalue weighted by atomic mass is 10.0. The molecule has 1 saturated heterocycles. The van der Waals surface area contributed by atoms with Crippen molar-refractivity contribution in [2.45, 2.75) is 32.1 Å². The van der Waals surface area contributed by atoms with Crippen LogP contribution in [0, 0.1) is 0 Å². The van der Waals surface area contributed by atoms with Gasteiger partial charge in [-0.15, -0.1) is 5.10 Å². The highest BCUT2D eigenvalue weighted by molar-refractivity contribution is 5.63. The van der Waals surface area contributed by atoms with Gasteiger partial charge in [0.1, 0.15) is 5.82 Å². The molecule has 0 spiro atoms. The van der Waals surface area contributed by atoms with Crippen LogP contribution in [0.25, 0.3) is 11.3 Å². The van der Waals surface area contributed by atoms with Gasteiger partial charge in [0, 0.05) is 62.2 Å². The topological polar surface area (TPSA) is 103 Å². The lowest BCUT2D eigenvalue weighted by Gasteiger charge is -2.40. The molecule has 3 aromatic heterocycles. The van der Waals surface area contributed by atoms with Crippen molar-refractivity contribution in [3.63, 3.8) is 0 Å². The maximum atomic E-state index is 12.8. The molecule has 0 saturated carbocycles. The number of nitrogens with one attached hydrogen (secondary N) is 2. The summed E-state index contributed by atoms with van der Waals surface area (Å²) in [6.45, 7) is 4.98. The van der Waals surface area contributed by atoms with Crippen LogP contribution in [0.2, 0.25) is 0 Å². The van der Waals surface area contributed by atoms with Gasteiger partial charge in [-0.25, -0.2) is 10.1 Å². The largest absolute Gasteiger partial charge is 0.417 e. The number of nitrogens with zero attached hydrogens (tertiary/aromatic N) is 7. The first-order chi connectivity index (χ1) is 16.9. The molecule has 4 heterocycles. The first kappa shape index (κ1) is 23.0. The van der Waals surface area contributed by atoms with Crippen molar-refractivity contribution in [1.29, 1.82) is 0 Å². The number of piperazine rings is 1. The molecule has 9 nitrogen and oxygen atoms in total. The van der Waals surface area contributed by atoms with Gasteiger partial charge < -0.3 is 4.90 Å². The van der Waals surface area contributed by atoms with Crippen molar-refractivity contribution in [3.8, 4) is 11.3 Å². The van der Waals surface area contributed by atoms with Crippen LogP contribution >= 0.6 is 0 Å². The highest BCUT2D eigenvalue weighted by Gasteiger charge is 2.32. The van der Waals surface area contributed by atoms with Crippen LogP contribution in [0.1, 0.15) is 29.4 Å². The monoisotopic (exact) mass is 483 g/mol. The maximum Gasteiger partial charge on any atom is 0.417 e. The van der Waals surface area contributed by atoms with Crippen molar-refractivity contribution < 1.29 is 13.2 Å². The van der Waals surface area contributed by atoms with Gasteiger partial charge >= 0.3 is 6.18 Å². The molecule has 0 aliphatic carbocycles. The van der Waals surface area contributed by atoms with Crippen molar-refractivity contribution in [3.05, 3.63) is 71.3 Å². The predicted octanol–water partition coefficient (Wildman–Crippen LogP) is 3.31. The Morgan fingerprint density at radius 2 is 1.91 bits per heavy atom. The van der Waals surface area contributed by atoms with Gasteiger partial charge in [-0.1, -0.05) is 24.3 Å². The van der Waals surface area contributed by atoms with E-state index in [-0.39, 0.29) is 6.04 Å². The van der Waals surface area contributed by atoms with Crippen LogP contribution in [-0.2, 0) is 19.1 Å². The van der Waals surface area contributed by atoms with Crippen molar-refractivity contribution >= 4 is 5.82 Å². The fourth-order valence-electron chi connectivity index (χ4n) is 4.39. The van der Waals surface area contributed by atoms with Crippen LogP contribution in [0.5, 0.6) is 0 Å². The van der Waals surface area contributed by atoms with E-state index in [4.69, 9.17) is 0 Å². The number of H-pyrrole nitrogens is 2. The summed E-state index contributed by atoms with van der Waals surface area (Å²) in [7, 11) is 0. The lowest BCUT2D eigenvalue weighted by molar-refractivity contribution is -0.137. The van der Waals surface area contributed by atoms with Gasteiger partial charge in [0.25, 0.3) is 0 Å². The molecule has 35 heavy (non-hydrogen) atoms. The number of hydrogen-bond donors (Lipinski definition) is 2. The summed E-state index contributed by atoms with van der Waals surface area (Å²) in [6.07, 6.45) is -0.943. The van der Waals surface area contributed by atoms with Crippen LogP contribution in [0.3, 0.4) is 0 Å². The summed E-state index contributed by atoms with van der Waals surface area (Å²) in [4.78, 5) is 8.44. The second-order valence-corrected chi connectivity index (χ2v) is 8.66. The van der Waals surface area contributed by atoms with E-state index in [0.717, 1.165) is 54.3 Å². The van der Waals surface area contributed by atoms with Gasteiger partial charge in [-0.05, 0) is 35.0 Å². The third kappa shape index (κ3) is 5.16. The molecule has 1 aliphatic heterocycles. The number of alkyl halides is 3. The first-order valence-corrected chi connectivity index (χ1v) is 11.2. The standard InChI is InChI=1S/C23H24F3N9/c1-15-13-34(8-9-35(15)21-7-6-19(12-27-21)23(24,25)26)14-18-11-28-31-22(18)17-4-2-16(3-5-17)10-20-29-32-33-30-20/h2-7,11-12,15H,8-10,13-14H2,1H3,(H,28,31)(H,29,30,32,33)/t15-/m1/s1. The molecule has 12 heteroatoms. The highest BCUT2D eigenvalue weighted by atomic mass is 19.4. The van der Waals surface area contributed by atoms with E-state index in [1.54, 1.807) is 0 Å². The number of hydrogen-bond acceptors (Lipinski definition) is 7. The molecule has 1 aliphatic rings. The summed E-state index contributed by atoms with van der Waals surface area (Å²) < 4.78 is 38.5. The molecule has 2 N–H and O–H groups in total. The lowest BCUT2D eigenvalue weighted by Crippen LogP contribution is -2.51. The minimum atomic E-state index is -4.38. The Hall–Kier alpha value is -3.80. The Balaban J connectivity index is 1.22. The van der Waals surface area contributed by atoms with E-state index >= 15 is 0 Å². The zero-order valence-electron chi connectivity index (χ0n) is 19.0. The molecular weight excluding hydrogens is 459 g/mol. The van der Waals surface area contributed by atoms with Crippen LogP contribution < -0.4 is 4.90 Å². The number of aromatic amines is 2. The van der Waals surface area contributed by atoms with E-state index in [2.05, 4.69) is 52.5 Å². The van der Waals surface area contributed by atoms with Gasteiger partial charge in [-0.3, -0.25) is 10.00 Å². The molecule has 5 rings (SSSR count). The predicted molar refractivity (Wildman–Crippen MR) is 122 cm³/mol. The number of benzene rings is 1. The number of aromatic nitrogens is 7. The fraction of sp³-hybridized carbons (Fsp3) is 0.348.